The van der Waals surface area contributed by atoms with Crippen LogP contribution < -0.4 is 0 Å². The van der Waals surface area contributed by atoms with E-state index in [1.165, 1.54) is 103 Å². The second-order valence-electron chi connectivity index (χ2n) is 20.9. The largest absolute Gasteiger partial charge is 0.392 e. The number of rotatable bonds is 54. The number of hydrogen-bond donors (Lipinski definition) is 4. The molecular weight excluding hydrogens is 887 g/mol. The van der Waals surface area contributed by atoms with E-state index in [0.717, 1.165) is 129 Å². The van der Waals surface area contributed by atoms with Crippen molar-refractivity contribution in [2.45, 2.75) is 258 Å². The molecule has 0 aliphatic carbocycles. The molecule has 0 spiro atoms. The van der Waals surface area contributed by atoms with E-state index in [9.17, 15) is 20.4 Å². The van der Waals surface area contributed by atoms with E-state index in [4.69, 9.17) is 0 Å². The summed E-state index contributed by atoms with van der Waals surface area (Å²) in [6, 6.07) is 0. The van der Waals surface area contributed by atoms with Gasteiger partial charge in [0, 0.05) is 52.4 Å². The predicted molar refractivity (Wildman–Crippen MR) is 318 cm³/mol. The molecule has 0 saturated heterocycles. The van der Waals surface area contributed by atoms with Gasteiger partial charge in [-0.25, -0.2) is 0 Å². The van der Waals surface area contributed by atoms with Crippen molar-refractivity contribution in [1.82, 2.24) is 14.7 Å². The molecule has 0 radical (unpaired) electrons. The highest BCUT2D eigenvalue weighted by Gasteiger charge is 2.19. The Morgan fingerprint density at radius 2 is 0.486 bits per heavy atom. The molecule has 0 aromatic heterocycles. The summed E-state index contributed by atoms with van der Waals surface area (Å²) in [6.45, 7) is 14.3. The minimum absolute atomic E-state index is 0.439. The van der Waals surface area contributed by atoms with Crippen molar-refractivity contribution < 1.29 is 20.4 Å². The van der Waals surface area contributed by atoms with Crippen LogP contribution in [0.5, 0.6) is 0 Å². The van der Waals surface area contributed by atoms with Crippen molar-refractivity contribution in [1.29, 1.82) is 0 Å². The van der Waals surface area contributed by atoms with Gasteiger partial charge in [-0.15, -0.1) is 0 Å². The third-order valence-electron chi connectivity index (χ3n) is 13.4. The Balaban J connectivity index is 5.42. The molecule has 0 aliphatic rings. The summed E-state index contributed by atoms with van der Waals surface area (Å²) in [5, 5.41) is 44.9. The minimum Gasteiger partial charge on any atom is -0.392 e. The highest BCUT2D eigenvalue weighted by Crippen LogP contribution is 2.13. The molecule has 7 nitrogen and oxygen atoms in total. The maximum atomic E-state index is 11.2. The van der Waals surface area contributed by atoms with E-state index in [-0.39, 0.29) is 0 Å². The monoisotopic (exact) mass is 1010 g/mol. The molecule has 4 N–H and O–H groups in total. The van der Waals surface area contributed by atoms with E-state index < -0.39 is 24.4 Å². The van der Waals surface area contributed by atoms with Crippen molar-refractivity contribution in [2.24, 2.45) is 0 Å². The zero-order valence-corrected chi connectivity index (χ0v) is 48.0. The van der Waals surface area contributed by atoms with Crippen LogP contribution in [0.3, 0.4) is 0 Å². The van der Waals surface area contributed by atoms with Crippen molar-refractivity contribution in [3.8, 4) is 0 Å². The molecule has 0 fully saturated rings. The van der Waals surface area contributed by atoms with Crippen LogP contribution in [0.25, 0.3) is 0 Å². The number of hydrogen-bond acceptors (Lipinski definition) is 7. The highest BCUT2D eigenvalue weighted by atomic mass is 16.3. The molecule has 4 atom stereocenters. The molecular formula is C65H119N3O4. The van der Waals surface area contributed by atoms with Crippen LogP contribution in [0.2, 0.25) is 0 Å². The van der Waals surface area contributed by atoms with Crippen molar-refractivity contribution in [2.75, 3.05) is 59.4 Å². The summed E-state index contributed by atoms with van der Waals surface area (Å²) in [7, 11) is 2.15. The van der Waals surface area contributed by atoms with E-state index in [1.54, 1.807) is 0 Å². The topological polar surface area (TPSA) is 90.6 Å². The number of aliphatic hydroxyl groups excluding tert-OH is 4. The molecule has 0 aromatic rings. The summed E-state index contributed by atoms with van der Waals surface area (Å²) >= 11 is 0. The van der Waals surface area contributed by atoms with Crippen LogP contribution >= 0.6 is 0 Å². The first-order valence-electron chi connectivity index (χ1n) is 30.3. The van der Waals surface area contributed by atoms with Crippen LogP contribution in [-0.4, -0.2) is 119 Å². The predicted octanol–water partition coefficient (Wildman–Crippen LogP) is 16.0. The molecule has 0 aliphatic heterocycles. The standard InChI is InChI=1S/C65H119N3O4/c1-6-10-14-18-22-26-30-34-38-42-46-50-62(69)58-67(59-63(70)51-47-43-39-35-31-27-23-19-15-11-7-2)56-54-66(5)55-57-68(60-64(71)52-48-44-40-36-32-28-24-20-16-12-8-3)61-65(72)53-49-45-41-37-33-29-25-21-17-13-9-4/h22-29,34-41,62-65,69-72H,6-21,30-33,42-61H2,1-5H3/b26-22-,27-23-,28-24-,29-25-,38-34-,39-35-,40-36-,41-37-. The van der Waals surface area contributed by atoms with Crippen molar-refractivity contribution >= 4 is 0 Å². The maximum absolute atomic E-state index is 11.2. The Kier molecular flexibility index (Phi) is 54.5. The fourth-order valence-electron chi connectivity index (χ4n) is 8.77. The van der Waals surface area contributed by atoms with E-state index in [2.05, 4.69) is 147 Å². The minimum atomic E-state index is -0.439. The Labute approximate surface area is 447 Å². The van der Waals surface area contributed by atoms with Gasteiger partial charge in [0.25, 0.3) is 0 Å². The third kappa shape index (κ3) is 52.5. The smallest absolute Gasteiger partial charge is 0.0667 e. The lowest BCUT2D eigenvalue weighted by Gasteiger charge is -2.31. The number of allylic oxidation sites excluding steroid dienone is 16. The molecule has 0 aromatic carbocycles. The van der Waals surface area contributed by atoms with Gasteiger partial charge in [0.2, 0.25) is 0 Å². The Bertz CT molecular complexity index is 1160. The summed E-state index contributed by atoms with van der Waals surface area (Å²) < 4.78 is 0. The van der Waals surface area contributed by atoms with Crippen molar-refractivity contribution in [3.05, 3.63) is 97.2 Å². The summed E-state index contributed by atoms with van der Waals surface area (Å²) in [4.78, 5) is 6.87. The van der Waals surface area contributed by atoms with E-state index >= 15 is 0 Å². The number of likely N-dealkylation sites (N-methyl/N-ethyl adjacent to an activating group) is 1. The van der Waals surface area contributed by atoms with Gasteiger partial charge in [0.05, 0.1) is 24.4 Å². The third-order valence-corrected chi connectivity index (χ3v) is 13.4. The van der Waals surface area contributed by atoms with E-state index in [0.29, 0.717) is 26.2 Å². The van der Waals surface area contributed by atoms with Crippen molar-refractivity contribution in [3.63, 3.8) is 0 Å². The van der Waals surface area contributed by atoms with Gasteiger partial charge >= 0.3 is 0 Å². The van der Waals surface area contributed by atoms with Gasteiger partial charge in [-0.3, -0.25) is 9.80 Å². The van der Waals surface area contributed by atoms with Gasteiger partial charge in [-0.1, -0.05) is 176 Å². The quantitative estimate of drug-likeness (QED) is 0.0356. The average Bonchev–Trinajstić information content (AvgIpc) is 3.36. The first-order valence-corrected chi connectivity index (χ1v) is 30.3. The molecule has 7 heteroatoms. The lowest BCUT2D eigenvalue weighted by atomic mass is 10.1. The first-order chi connectivity index (χ1) is 35.2. The molecule has 0 amide bonds. The lowest BCUT2D eigenvalue weighted by molar-refractivity contribution is 0.0499. The summed E-state index contributed by atoms with van der Waals surface area (Å²) in [5.74, 6) is 0. The van der Waals surface area contributed by atoms with E-state index in [1.807, 2.05) is 0 Å². The number of nitrogens with zero attached hydrogens (tertiary/aromatic N) is 3. The second kappa shape index (κ2) is 56.4. The highest BCUT2D eigenvalue weighted by molar-refractivity contribution is 4.96. The second-order valence-corrected chi connectivity index (χ2v) is 20.9. The van der Waals surface area contributed by atoms with Gasteiger partial charge in [0.1, 0.15) is 0 Å². The molecule has 72 heavy (non-hydrogen) atoms. The first kappa shape index (κ1) is 69.6. The molecule has 0 bridgehead atoms. The van der Waals surface area contributed by atoms with Crippen LogP contribution in [0.15, 0.2) is 97.2 Å². The Hall–Kier alpha value is -2.36. The number of aliphatic hydroxyl groups is 4. The maximum Gasteiger partial charge on any atom is 0.0667 e. The summed E-state index contributed by atoms with van der Waals surface area (Å²) in [6.07, 6.45) is 69.1. The SMILES string of the molecule is CCCCC/C=C\C/C=C\CCCC(O)CN(CCN(C)CCN(CC(O)CCC/C=C\C/C=C\CCCCC)CC(O)CCC/C=C\C/C=C\CCCCC)CC(O)CCC/C=C\C/C=C\CCCCC. The van der Waals surface area contributed by atoms with Gasteiger partial charge in [-0.05, 0) is 161 Å². The van der Waals surface area contributed by atoms with Gasteiger partial charge in [0.15, 0.2) is 0 Å². The van der Waals surface area contributed by atoms with Crippen LogP contribution in [0.4, 0.5) is 0 Å². The zero-order chi connectivity index (χ0) is 52.6. The fraction of sp³-hybridized carbons (Fsp3) is 0.754. The Morgan fingerprint density at radius 3 is 0.694 bits per heavy atom. The Morgan fingerprint density at radius 1 is 0.278 bits per heavy atom. The van der Waals surface area contributed by atoms with Crippen LogP contribution in [-0.2, 0) is 0 Å². The van der Waals surface area contributed by atoms with Crippen LogP contribution in [0, 0.1) is 0 Å². The summed E-state index contributed by atoms with van der Waals surface area (Å²) in [5.41, 5.74) is 0. The molecule has 0 saturated carbocycles. The molecule has 0 heterocycles. The lowest BCUT2D eigenvalue weighted by Crippen LogP contribution is -2.44. The average molecular weight is 1010 g/mol. The zero-order valence-electron chi connectivity index (χ0n) is 48.0. The molecule has 0 rings (SSSR count). The van der Waals surface area contributed by atoms with Gasteiger partial charge < -0.3 is 25.3 Å². The van der Waals surface area contributed by atoms with Gasteiger partial charge in [-0.2, -0.15) is 0 Å². The fourth-order valence-corrected chi connectivity index (χ4v) is 8.77. The number of unbranched alkanes of at least 4 members (excludes halogenated alkanes) is 16. The molecule has 4 unspecified atom stereocenters. The van der Waals surface area contributed by atoms with Crippen LogP contribution in [0.1, 0.15) is 233 Å². The molecule has 418 valence electrons. The normalized spacial score (nSPS) is 14.7.